The SMILES string of the molecule is NC(=O)C1CCCN(C(=O)c2cc(Br)ccc2O)C1. The van der Waals surface area contributed by atoms with E-state index < -0.39 is 0 Å². The molecule has 3 N–H and O–H groups in total. The van der Waals surface area contributed by atoms with E-state index in [1.165, 1.54) is 6.07 Å². The number of carbonyl (C=O) groups is 2. The highest BCUT2D eigenvalue weighted by atomic mass is 79.9. The van der Waals surface area contributed by atoms with Crippen molar-refractivity contribution in [3.63, 3.8) is 0 Å². The zero-order chi connectivity index (χ0) is 14.0. The molecule has 5 nitrogen and oxygen atoms in total. The Morgan fingerprint density at radius 1 is 1.42 bits per heavy atom. The Balaban J connectivity index is 2.19. The van der Waals surface area contributed by atoms with E-state index in [0.717, 1.165) is 10.9 Å². The summed E-state index contributed by atoms with van der Waals surface area (Å²) in [4.78, 5) is 25.1. The Labute approximate surface area is 119 Å². The second-order valence-corrected chi connectivity index (χ2v) is 5.57. The highest BCUT2D eigenvalue weighted by Gasteiger charge is 2.28. The number of aromatic hydroxyl groups is 1. The molecule has 1 aliphatic rings. The van der Waals surface area contributed by atoms with Gasteiger partial charge < -0.3 is 15.7 Å². The van der Waals surface area contributed by atoms with Crippen molar-refractivity contribution in [2.45, 2.75) is 12.8 Å². The van der Waals surface area contributed by atoms with Crippen molar-refractivity contribution in [1.82, 2.24) is 4.90 Å². The van der Waals surface area contributed by atoms with E-state index in [2.05, 4.69) is 15.9 Å². The molecule has 6 heteroatoms. The van der Waals surface area contributed by atoms with E-state index in [0.29, 0.717) is 19.5 Å². The number of phenols is 1. The van der Waals surface area contributed by atoms with E-state index in [4.69, 9.17) is 5.73 Å². The minimum absolute atomic E-state index is 0.0607. The average molecular weight is 327 g/mol. The second-order valence-electron chi connectivity index (χ2n) is 4.65. The average Bonchev–Trinajstić information content (AvgIpc) is 2.41. The third-order valence-corrected chi connectivity index (χ3v) is 3.79. The maximum Gasteiger partial charge on any atom is 0.257 e. The van der Waals surface area contributed by atoms with Crippen LogP contribution < -0.4 is 5.73 Å². The lowest BCUT2D eigenvalue weighted by Gasteiger charge is -2.31. The molecule has 102 valence electrons. The van der Waals surface area contributed by atoms with Gasteiger partial charge in [0.25, 0.3) is 5.91 Å². The van der Waals surface area contributed by atoms with Crippen molar-refractivity contribution in [1.29, 1.82) is 0 Å². The standard InChI is InChI=1S/C13H15BrN2O3/c14-9-3-4-11(17)10(6-9)13(19)16-5-1-2-8(7-16)12(15)18/h3-4,6,8,17H,1-2,5,7H2,(H2,15,18). The number of hydrogen-bond acceptors (Lipinski definition) is 3. The van der Waals surface area contributed by atoms with Crippen molar-refractivity contribution in [3.05, 3.63) is 28.2 Å². The van der Waals surface area contributed by atoms with Crippen LogP contribution >= 0.6 is 15.9 Å². The summed E-state index contributed by atoms with van der Waals surface area (Å²) in [5.74, 6) is -1.01. The van der Waals surface area contributed by atoms with E-state index in [1.54, 1.807) is 17.0 Å². The Kier molecular flexibility index (Phi) is 4.09. The van der Waals surface area contributed by atoms with Crippen molar-refractivity contribution < 1.29 is 14.7 Å². The van der Waals surface area contributed by atoms with E-state index >= 15 is 0 Å². The van der Waals surface area contributed by atoms with Gasteiger partial charge in [0, 0.05) is 17.6 Å². The number of likely N-dealkylation sites (tertiary alicyclic amines) is 1. The fourth-order valence-electron chi connectivity index (χ4n) is 2.24. The highest BCUT2D eigenvalue weighted by Crippen LogP contribution is 2.25. The molecule has 0 spiro atoms. The molecule has 1 unspecified atom stereocenters. The molecular formula is C13H15BrN2O3. The minimum atomic E-state index is -0.379. The second kappa shape index (κ2) is 5.61. The Morgan fingerprint density at radius 3 is 2.84 bits per heavy atom. The van der Waals surface area contributed by atoms with Gasteiger partial charge >= 0.3 is 0 Å². The van der Waals surface area contributed by atoms with Crippen molar-refractivity contribution in [3.8, 4) is 5.75 Å². The van der Waals surface area contributed by atoms with Crippen LogP contribution in [0.4, 0.5) is 0 Å². The fraction of sp³-hybridized carbons (Fsp3) is 0.385. The van der Waals surface area contributed by atoms with Crippen molar-refractivity contribution in [2.75, 3.05) is 13.1 Å². The number of hydrogen-bond donors (Lipinski definition) is 2. The van der Waals surface area contributed by atoms with E-state index in [9.17, 15) is 14.7 Å². The predicted molar refractivity (Wildman–Crippen MR) is 73.6 cm³/mol. The van der Waals surface area contributed by atoms with Gasteiger partial charge in [-0.05, 0) is 31.0 Å². The number of amides is 2. The number of phenolic OH excluding ortho intramolecular Hbond substituents is 1. The monoisotopic (exact) mass is 326 g/mol. The molecule has 0 bridgehead atoms. The molecule has 1 heterocycles. The van der Waals surface area contributed by atoms with Gasteiger partial charge in [-0.3, -0.25) is 9.59 Å². The number of rotatable bonds is 2. The number of halogens is 1. The molecule has 1 atom stereocenters. The van der Waals surface area contributed by atoms with Crippen LogP contribution in [0.15, 0.2) is 22.7 Å². The molecule has 1 saturated heterocycles. The quantitative estimate of drug-likeness (QED) is 0.863. The van der Waals surface area contributed by atoms with Crippen LogP contribution in [0.25, 0.3) is 0 Å². The molecule has 0 aromatic heterocycles. The van der Waals surface area contributed by atoms with E-state index in [1.807, 2.05) is 0 Å². The summed E-state index contributed by atoms with van der Waals surface area (Å²) in [6.45, 7) is 0.898. The molecule has 0 aliphatic carbocycles. The molecule has 1 aromatic carbocycles. The molecule has 1 aromatic rings. The first-order valence-corrected chi connectivity index (χ1v) is 6.85. The van der Waals surface area contributed by atoms with Crippen molar-refractivity contribution >= 4 is 27.7 Å². The van der Waals surface area contributed by atoms with Crippen molar-refractivity contribution in [2.24, 2.45) is 11.7 Å². The lowest BCUT2D eigenvalue weighted by atomic mass is 9.97. The topological polar surface area (TPSA) is 83.6 Å². The van der Waals surface area contributed by atoms with Crippen LogP contribution in [0, 0.1) is 5.92 Å². The van der Waals surface area contributed by atoms with Gasteiger partial charge in [-0.15, -0.1) is 0 Å². The van der Waals surface area contributed by atoms with Gasteiger partial charge in [0.1, 0.15) is 5.75 Å². The number of nitrogens with zero attached hydrogens (tertiary/aromatic N) is 1. The Bertz CT molecular complexity index is 519. The molecular weight excluding hydrogens is 312 g/mol. The summed E-state index contributed by atoms with van der Waals surface area (Å²) in [6.07, 6.45) is 1.46. The molecule has 1 fully saturated rings. The maximum atomic E-state index is 12.3. The lowest BCUT2D eigenvalue weighted by molar-refractivity contribution is -0.123. The number of piperidine rings is 1. The third-order valence-electron chi connectivity index (χ3n) is 3.30. The normalized spacial score (nSPS) is 19.2. The highest BCUT2D eigenvalue weighted by molar-refractivity contribution is 9.10. The number of nitrogens with two attached hydrogens (primary N) is 1. The molecule has 19 heavy (non-hydrogen) atoms. The van der Waals surface area contributed by atoms with Crippen LogP contribution in [-0.4, -0.2) is 34.9 Å². The summed E-state index contributed by atoms with van der Waals surface area (Å²) in [5, 5.41) is 9.75. The van der Waals surface area contributed by atoms with Crippen LogP contribution in [0.2, 0.25) is 0 Å². The zero-order valence-electron chi connectivity index (χ0n) is 10.3. The summed E-state index contributed by atoms with van der Waals surface area (Å²) < 4.78 is 0.720. The zero-order valence-corrected chi connectivity index (χ0v) is 11.9. The van der Waals surface area contributed by atoms with Gasteiger partial charge in [0.05, 0.1) is 11.5 Å². The van der Waals surface area contributed by atoms with Gasteiger partial charge in [-0.1, -0.05) is 15.9 Å². The first-order valence-electron chi connectivity index (χ1n) is 6.06. The van der Waals surface area contributed by atoms with E-state index in [-0.39, 0.29) is 29.0 Å². The smallest absolute Gasteiger partial charge is 0.257 e. The summed E-state index contributed by atoms with van der Waals surface area (Å²) in [6, 6.07) is 4.70. The molecule has 1 aliphatic heterocycles. The first kappa shape index (κ1) is 13.9. The van der Waals surface area contributed by atoms with Crippen LogP contribution in [0.1, 0.15) is 23.2 Å². The molecule has 2 rings (SSSR count). The first-order chi connectivity index (χ1) is 8.99. The largest absolute Gasteiger partial charge is 0.507 e. The van der Waals surface area contributed by atoms with Gasteiger partial charge in [-0.2, -0.15) is 0 Å². The number of carbonyl (C=O) groups excluding carboxylic acids is 2. The summed E-state index contributed by atoms with van der Waals surface area (Å²) in [7, 11) is 0. The summed E-state index contributed by atoms with van der Waals surface area (Å²) in [5.41, 5.74) is 5.52. The third kappa shape index (κ3) is 3.07. The van der Waals surface area contributed by atoms with Crippen LogP contribution in [-0.2, 0) is 4.79 Å². The van der Waals surface area contributed by atoms with Crippen LogP contribution in [0.5, 0.6) is 5.75 Å². The maximum absolute atomic E-state index is 12.3. The molecule has 2 amide bonds. The van der Waals surface area contributed by atoms with Gasteiger partial charge in [0.15, 0.2) is 0 Å². The minimum Gasteiger partial charge on any atom is -0.507 e. The van der Waals surface area contributed by atoms with Gasteiger partial charge in [0.2, 0.25) is 5.91 Å². The Morgan fingerprint density at radius 2 is 2.16 bits per heavy atom. The fourth-order valence-corrected chi connectivity index (χ4v) is 2.60. The van der Waals surface area contributed by atoms with Crippen LogP contribution in [0.3, 0.4) is 0 Å². The number of benzene rings is 1. The predicted octanol–water partition coefficient (Wildman–Crippen LogP) is 1.49. The lowest BCUT2D eigenvalue weighted by Crippen LogP contribution is -2.44. The summed E-state index contributed by atoms with van der Waals surface area (Å²) >= 11 is 3.27. The Hall–Kier alpha value is -1.56. The van der Waals surface area contributed by atoms with Gasteiger partial charge in [-0.25, -0.2) is 0 Å². The molecule has 0 radical (unpaired) electrons. The molecule has 0 saturated carbocycles. The number of primary amides is 1.